The Morgan fingerprint density at radius 3 is 2.62 bits per heavy atom. The van der Waals surface area contributed by atoms with Crippen molar-refractivity contribution in [3.63, 3.8) is 0 Å². The van der Waals surface area contributed by atoms with E-state index in [9.17, 15) is 0 Å². The molecule has 0 bridgehead atoms. The molecule has 3 aromatic rings. The zero-order valence-electron chi connectivity index (χ0n) is 11.9. The lowest BCUT2D eigenvalue weighted by atomic mass is 9.89. The van der Waals surface area contributed by atoms with Crippen LogP contribution in [0.3, 0.4) is 0 Å². The van der Waals surface area contributed by atoms with Crippen molar-refractivity contribution in [2.24, 2.45) is 0 Å². The van der Waals surface area contributed by atoms with E-state index in [4.69, 9.17) is 0 Å². The summed E-state index contributed by atoms with van der Waals surface area (Å²) >= 11 is 0. The highest BCUT2D eigenvalue weighted by Gasteiger charge is 2.33. The summed E-state index contributed by atoms with van der Waals surface area (Å²) in [5.41, 5.74) is 6.03. The van der Waals surface area contributed by atoms with Gasteiger partial charge >= 0.3 is 0 Å². The predicted molar refractivity (Wildman–Crippen MR) is 87.8 cm³/mol. The molecule has 0 amide bonds. The SMILES string of the molecule is c1ccc2c(c1)CC1Cc3c(ccc4ccccc34)CN21. The Bertz CT molecular complexity index is 849. The monoisotopic (exact) mass is 271 g/mol. The number of rotatable bonds is 0. The van der Waals surface area contributed by atoms with Crippen LogP contribution in [-0.2, 0) is 19.4 Å². The molecule has 0 fully saturated rings. The first-order valence-electron chi connectivity index (χ1n) is 7.74. The van der Waals surface area contributed by atoms with Crippen LogP contribution >= 0.6 is 0 Å². The first-order chi connectivity index (χ1) is 10.4. The van der Waals surface area contributed by atoms with Crippen LogP contribution < -0.4 is 4.90 Å². The number of para-hydroxylation sites is 1. The third-order valence-corrected chi connectivity index (χ3v) is 5.12. The van der Waals surface area contributed by atoms with Crippen LogP contribution in [0.15, 0.2) is 60.7 Å². The average Bonchev–Trinajstić information content (AvgIpc) is 2.90. The Labute approximate surface area is 124 Å². The van der Waals surface area contributed by atoms with Gasteiger partial charge < -0.3 is 4.90 Å². The highest BCUT2D eigenvalue weighted by molar-refractivity contribution is 5.87. The molecule has 1 heteroatoms. The van der Waals surface area contributed by atoms with E-state index in [1.165, 1.54) is 40.4 Å². The Morgan fingerprint density at radius 2 is 1.62 bits per heavy atom. The van der Waals surface area contributed by atoms with Gasteiger partial charge in [0, 0.05) is 18.3 Å². The van der Waals surface area contributed by atoms with Gasteiger partial charge in [-0.15, -0.1) is 0 Å². The number of fused-ring (bicyclic) bond motifs is 6. The van der Waals surface area contributed by atoms with E-state index < -0.39 is 0 Å². The van der Waals surface area contributed by atoms with Crippen LogP contribution in [-0.4, -0.2) is 6.04 Å². The second kappa shape index (κ2) is 4.11. The van der Waals surface area contributed by atoms with Crippen molar-refractivity contribution in [2.75, 3.05) is 4.90 Å². The number of anilines is 1. The van der Waals surface area contributed by atoms with Gasteiger partial charge in [0.1, 0.15) is 0 Å². The summed E-state index contributed by atoms with van der Waals surface area (Å²) < 4.78 is 0. The Hall–Kier alpha value is -2.28. The zero-order chi connectivity index (χ0) is 13.8. The second-order valence-electron chi connectivity index (χ2n) is 6.24. The molecule has 3 aromatic carbocycles. The lowest BCUT2D eigenvalue weighted by molar-refractivity contribution is 0.587. The molecule has 2 aliphatic heterocycles. The topological polar surface area (TPSA) is 3.24 Å². The van der Waals surface area contributed by atoms with Crippen LogP contribution in [0.1, 0.15) is 16.7 Å². The van der Waals surface area contributed by atoms with E-state index in [0.29, 0.717) is 6.04 Å². The van der Waals surface area contributed by atoms with Crippen molar-refractivity contribution in [2.45, 2.75) is 25.4 Å². The van der Waals surface area contributed by atoms with Gasteiger partial charge in [0.15, 0.2) is 0 Å². The fraction of sp³-hybridized carbons (Fsp3) is 0.200. The summed E-state index contributed by atoms with van der Waals surface area (Å²) in [7, 11) is 0. The summed E-state index contributed by atoms with van der Waals surface area (Å²) in [4.78, 5) is 2.60. The molecule has 1 atom stereocenters. The first-order valence-corrected chi connectivity index (χ1v) is 7.74. The molecule has 0 aliphatic carbocycles. The van der Waals surface area contributed by atoms with Gasteiger partial charge in [0.05, 0.1) is 0 Å². The van der Waals surface area contributed by atoms with Crippen LogP contribution in [0.25, 0.3) is 10.8 Å². The zero-order valence-corrected chi connectivity index (χ0v) is 11.9. The van der Waals surface area contributed by atoms with Gasteiger partial charge in [-0.3, -0.25) is 0 Å². The number of benzene rings is 3. The molecule has 1 nitrogen and oxygen atoms in total. The van der Waals surface area contributed by atoms with Crippen LogP contribution in [0.2, 0.25) is 0 Å². The van der Waals surface area contributed by atoms with Crippen molar-refractivity contribution in [1.82, 2.24) is 0 Å². The van der Waals surface area contributed by atoms with Gasteiger partial charge in [-0.05, 0) is 46.4 Å². The average molecular weight is 271 g/mol. The lowest BCUT2D eigenvalue weighted by Gasteiger charge is -2.34. The van der Waals surface area contributed by atoms with Crippen LogP contribution in [0.5, 0.6) is 0 Å². The molecular weight excluding hydrogens is 254 g/mol. The third-order valence-electron chi connectivity index (χ3n) is 5.12. The molecule has 0 saturated carbocycles. The van der Waals surface area contributed by atoms with Crippen molar-refractivity contribution in [1.29, 1.82) is 0 Å². The number of nitrogens with zero attached hydrogens (tertiary/aromatic N) is 1. The van der Waals surface area contributed by atoms with Crippen LogP contribution in [0.4, 0.5) is 5.69 Å². The first kappa shape index (κ1) is 11.4. The maximum absolute atomic E-state index is 2.60. The summed E-state index contributed by atoms with van der Waals surface area (Å²) in [6.45, 7) is 1.06. The smallest absolute Gasteiger partial charge is 0.0435 e. The summed E-state index contributed by atoms with van der Waals surface area (Å²) in [5, 5.41) is 2.82. The van der Waals surface area contributed by atoms with E-state index in [1.807, 2.05) is 0 Å². The van der Waals surface area contributed by atoms with E-state index in [2.05, 4.69) is 65.6 Å². The Morgan fingerprint density at radius 1 is 0.762 bits per heavy atom. The molecule has 2 heterocycles. The quantitative estimate of drug-likeness (QED) is 0.588. The normalized spacial score (nSPS) is 19.2. The van der Waals surface area contributed by atoms with Crippen LogP contribution in [0, 0.1) is 0 Å². The largest absolute Gasteiger partial charge is 0.363 e. The van der Waals surface area contributed by atoms with E-state index >= 15 is 0 Å². The molecule has 2 aliphatic rings. The summed E-state index contributed by atoms with van der Waals surface area (Å²) in [6, 6.07) is 23.0. The molecule has 0 N–H and O–H groups in total. The van der Waals surface area contributed by atoms with Gasteiger partial charge in [-0.25, -0.2) is 0 Å². The fourth-order valence-corrected chi connectivity index (χ4v) is 4.11. The lowest BCUT2D eigenvalue weighted by Crippen LogP contribution is -2.37. The number of hydrogen-bond acceptors (Lipinski definition) is 1. The maximum atomic E-state index is 2.60. The molecule has 0 saturated heterocycles. The van der Waals surface area contributed by atoms with Crippen molar-refractivity contribution in [3.8, 4) is 0 Å². The third kappa shape index (κ3) is 1.58. The molecule has 102 valence electrons. The second-order valence-corrected chi connectivity index (χ2v) is 6.24. The molecular formula is C20H17N. The predicted octanol–water partition coefficient (Wildman–Crippen LogP) is 4.33. The number of hydrogen-bond donors (Lipinski definition) is 0. The highest BCUT2D eigenvalue weighted by atomic mass is 15.2. The van der Waals surface area contributed by atoms with Gasteiger partial charge in [0.2, 0.25) is 0 Å². The van der Waals surface area contributed by atoms with E-state index in [-0.39, 0.29) is 0 Å². The standard InChI is InChI=1S/C20H17N/c1-3-7-18-14(5-1)9-10-16-13-21-17(12-19(16)18)11-15-6-2-4-8-20(15)21/h1-10,17H,11-13H2. The summed E-state index contributed by atoms with van der Waals surface area (Å²) in [6.07, 6.45) is 2.37. The Kier molecular flexibility index (Phi) is 2.23. The molecule has 1 unspecified atom stereocenters. The minimum absolute atomic E-state index is 0.640. The van der Waals surface area contributed by atoms with Gasteiger partial charge in [-0.2, -0.15) is 0 Å². The molecule has 0 radical (unpaired) electrons. The molecule has 0 aromatic heterocycles. The molecule has 21 heavy (non-hydrogen) atoms. The maximum Gasteiger partial charge on any atom is 0.0435 e. The minimum Gasteiger partial charge on any atom is -0.363 e. The fourth-order valence-electron chi connectivity index (χ4n) is 4.11. The Balaban J connectivity index is 1.66. The van der Waals surface area contributed by atoms with Gasteiger partial charge in [-0.1, -0.05) is 54.6 Å². The minimum atomic E-state index is 0.640. The van der Waals surface area contributed by atoms with Crippen molar-refractivity contribution >= 4 is 16.5 Å². The van der Waals surface area contributed by atoms with E-state index in [1.54, 1.807) is 5.56 Å². The highest BCUT2D eigenvalue weighted by Crippen LogP contribution is 2.40. The van der Waals surface area contributed by atoms with Gasteiger partial charge in [0.25, 0.3) is 0 Å². The van der Waals surface area contributed by atoms with E-state index in [0.717, 1.165) is 6.54 Å². The van der Waals surface area contributed by atoms with Crippen molar-refractivity contribution < 1.29 is 0 Å². The van der Waals surface area contributed by atoms with Crippen molar-refractivity contribution in [3.05, 3.63) is 77.4 Å². The molecule has 5 rings (SSSR count). The molecule has 0 spiro atoms. The summed E-state index contributed by atoms with van der Waals surface area (Å²) in [5.74, 6) is 0.